The Morgan fingerprint density at radius 1 is 1.43 bits per heavy atom. The standard InChI is InChI=1S/C16H22ClN3O3/c1-11-8-20(9-14(11)16(18)22)10-15(21)19-5-6-23-13-4-2-3-12(17)7-13/h2-4,7,11,14H,5-6,8-10H2,1H3,(H2,18,22)(H,19,21)/t11-,14-/m1/s1. The molecule has 1 aliphatic heterocycles. The Balaban J connectivity index is 1.65. The maximum Gasteiger partial charge on any atom is 0.234 e. The van der Waals surface area contributed by atoms with Gasteiger partial charge in [0.25, 0.3) is 0 Å². The Kier molecular flexibility index (Phi) is 6.24. The summed E-state index contributed by atoms with van der Waals surface area (Å²) >= 11 is 5.86. The summed E-state index contributed by atoms with van der Waals surface area (Å²) in [6.07, 6.45) is 0. The molecular formula is C16H22ClN3O3. The molecule has 1 saturated heterocycles. The van der Waals surface area contributed by atoms with Crippen molar-refractivity contribution >= 4 is 23.4 Å². The van der Waals surface area contributed by atoms with E-state index in [1.165, 1.54) is 0 Å². The smallest absolute Gasteiger partial charge is 0.234 e. The third-order valence-corrected chi connectivity index (χ3v) is 4.14. The van der Waals surface area contributed by atoms with Gasteiger partial charge in [-0.2, -0.15) is 0 Å². The number of likely N-dealkylation sites (tertiary alicyclic amines) is 1. The van der Waals surface area contributed by atoms with Crippen molar-refractivity contribution < 1.29 is 14.3 Å². The molecule has 1 aromatic carbocycles. The molecule has 0 spiro atoms. The summed E-state index contributed by atoms with van der Waals surface area (Å²) in [6.45, 7) is 4.28. The van der Waals surface area contributed by atoms with Crippen LogP contribution in [0.3, 0.4) is 0 Å². The fourth-order valence-electron chi connectivity index (χ4n) is 2.74. The highest BCUT2D eigenvalue weighted by atomic mass is 35.5. The van der Waals surface area contributed by atoms with Gasteiger partial charge >= 0.3 is 0 Å². The van der Waals surface area contributed by atoms with Crippen molar-refractivity contribution in [1.29, 1.82) is 0 Å². The number of nitrogens with one attached hydrogen (secondary N) is 1. The van der Waals surface area contributed by atoms with E-state index >= 15 is 0 Å². The average Bonchev–Trinajstić information content (AvgIpc) is 2.84. The van der Waals surface area contributed by atoms with Crippen LogP contribution in [-0.2, 0) is 9.59 Å². The molecular weight excluding hydrogens is 318 g/mol. The monoisotopic (exact) mass is 339 g/mol. The van der Waals surface area contributed by atoms with Crippen LogP contribution in [0.2, 0.25) is 5.02 Å². The Morgan fingerprint density at radius 2 is 2.22 bits per heavy atom. The quantitative estimate of drug-likeness (QED) is 0.722. The van der Waals surface area contributed by atoms with E-state index in [9.17, 15) is 9.59 Å². The van der Waals surface area contributed by atoms with E-state index in [4.69, 9.17) is 22.1 Å². The number of hydrogen-bond donors (Lipinski definition) is 2. The number of amides is 2. The highest BCUT2D eigenvalue weighted by molar-refractivity contribution is 6.30. The SMILES string of the molecule is C[C@@H]1CN(CC(=O)NCCOc2cccc(Cl)c2)C[C@H]1C(N)=O. The summed E-state index contributed by atoms with van der Waals surface area (Å²) in [6, 6.07) is 7.11. The second-order valence-electron chi connectivity index (χ2n) is 5.84. The highest BCUT2D eigenvalue weighted by Gasteiger charge is 2.33. The number of nitrogens with zero attached hydrogens (tertiary/aromatic N) is 1. The predicted octanol–water partition coefficient (Wildman–Crippen LogP) is 0.888. The first-order valence-electron chi connectivity index (χ1n) is 7.62. The van der Waals surface area contributed by atoms with Crippen molar-refractivity contribution in [3.63, 3.8) is 0 Å². The van der Waals surface area contributed by atoms with E-state index in [0.29, 0.717) is 37.0 Å². The maximum absolute atomic E-state index is 11.9. The summed E-state index contributed by atoms with van der Waals surface area (Å²) in [7, 11) is 0. The second kappa shape index (κ2) is 8.17. The lowest BCUT2D eigenvalue weighted by atomic mass is 9.98. The molecule has 6 nitrogen and oxygen atoms in total. The molecule has 2 rings (SSSR count). The van der Waals surface area contributed by atoms with Crippen molar-refractivity contribution in [2.75, 3.05) is 32.8 Å². The maximum atomic E-state index is 11.9. The van der Waals surface area contributed by atoms with Crippen LogP contribution in [0.25, 0.3) is 0 Å². The van der Waals surface area contributed by atoms with Crippen LogP contribution >= 0.6 is 11.6 Å². The first-order chi connectivity index (χ1) is 11.0. The zero-order chi connectivity index (χ0) is 16.8. The molecule has 2 atom stereocenters. The second-order valence-corrected chi connectivity index (χ2v) is 6.27. The highest BCUT2D eigenvalue weighted by Crippen LogP contribution is 2.22. The lowest BCUT2D eigenvalue weighted by Gasteiger charge is -2.15. The van der Waals surface area contributed by atoms with Crippen molar-refractivity contribution in [2.45, 2.75) is 6.92 Å². The van der Waals surface area contributed by atoms with Crippen LogP contribution in [0, 0.1) is 11.8 Å². The zero-order valence-electron chi connectivity index (χ0n) is 13.1. The molecule has 0 unspecified atom stereocenters. The van der Waals surface area contributed by atoms with E-state index in [2.05, 4.69) is 5.32 Å². The van der Waals surface area contributed by atoms with Gasteiger partial charge in [0.05, 0.1) is 19.0 Å². The minimum absolute atomic E-state index is 0.0861. The van der Waals surface area contributed by atoms with Gasteiger partial charge in [-0.05, 0) is 24.1 Å². The summed E-state index contributed by atoms with van der Waals surface area (Å²) in [4.78, 5) is 25.1. The molecule has 0 aliphatic carbocycles. The van der Waals surface area contributed by atoms with Crippen LogP contribution in [0.4, 0.5) is 0 Å². The number of carbonyl (C=O) groups is 2. The minimum atomic E-state index is -0.296. The first kappa shape index (κ1) is 17.6. The Hall–Kier alpha value is -1.79. The molecule has 1 heterocycles. The Morgan fingerprint density at radius 3 is 2.87 bits per heavy atom. The number of carbonyl (C=O) groups excluding carboxylic acids is 2. The summed E-state index contributed by atoms with van der Waals surface area (Å²) in [5.74, 6) is 0.303. The van der Waals surface area contributed by atoms with Gasteiger partial charge in [-0.3, -0.25) is 14.5 Å². The van der Waals surface area contributed by atoms with Gasteiger partial charge in [0.2, 0.25) is 11.8 Å². The summed E-state index contributed by atoms with van der Waals surface area (Å²) < 4.78 is 5.50. The summed E-state index contributed by atoms with van der Waals surface area (Å²) in [5, 5.41) is 3.41. The molecule has 1 fully saturated rings. The van der Waals surface area contributed by atoms with E-state index in [0.717, 1.165) is 0 Å². The topological polar surface area (TPSA) is 84.7 Å². The third kappa shape index (κ3) is 5.41. The van der Waals surface area contributed by atoms with Gasteiger partial charge in [0, 0.05) is 18.1 Å². The molecule has 126 valence electrons. The van der Waals surface area contributed by atoms with E-state index in [-0.39, 0.29) is 30.2 Å². The van der Waals surface area contributed by atoms with Crippen LogP contribution in [0.5, 0.6) is 5.75 Å². The number of rotatable bonds is 7. The van der Waals surface area contributed by atoms with Gasteiger partial charge in [-0.1, -0.05) is 24.6 Å². The minimum Gasteiger partial charge on any atom is -0.492 e. The van der Waals surface area contributed by atoms with Gasteiger partial charge in [0.15, 0.2) is 0 Å². The Bertz CT molecular complexity index is 567. The van der Waals surface area contributed by atoms with E-state index in [1.807, 2.05) is 17.9 Å². The van der Waals surface area contributed by atoms with Crippen molar-refractivity contribution in [3.05, 3.63) is 29.3 Å². The normalized spacial score (nSPS) is 21.1. The van der Waals surface area contributed by atoms with Crippen LogP contribution in [0.15, 0.2) is 24.3 Å². The van der Waals surface area contributed by atoms with Crippen LogP contribution in [-0.4, -0.2) is 49.5 Å². The van der Waals surface area contributed by atoms with Crippen molar-refractivity contribution in [1.82, 2.24) is 10.2 Å². The van der Waals surface area contributed by atoms with Gasteiger partial charge in [-0.15, -0.1) is 0 Å². The largest absolute Gasteiger partial charge is 0.492 e. The predicted molar refractivity (Wildman–Crippen MR) is 88.2 cm³/mol. The van der Waals surface area contributed by atoms with Gasteiger partial charge in [0.1, 0.15) is 12.4 Å². The third-order valence-electron chi connectivity index (χ3n) is 3.91. The molecule has 0 saturated carbocycles. The fourth-order valence-corrected chi connectivity index (χ4v) is 2.92. The van der Waals surface area contributed by atoms with Crippen molar-refractivity contribution in [3.8, 4) is 5.75 Å². The molecule has 0 aromatic heterocycles. The number of ether oxygens (including phenoxy) is 1. The fraction of sp³-hybridized carbons (Fsp3) is 0.500. The molecule has 23 heavy (non-hydrogen) atoms. The number of benzene rings is 1. The molecule has 1 aliphatic rings. The molecule has 0 radical (unpaired) electrons. The van der Waals surface area contributed by atoms with Crippen LogP contribution < -0.4 is 15.8 Å². The average molecular weight is 340 g/mol. The molecule has 1 aromatic rings. The summed E-state index contributed by atoms with van der Waals surface area (Å²) in [5.41, 5.74) is 5.35. The van der Waals surface area contributed by atoms with E-state index in [1.54, 1.807) is 18.2 Å². The molecule has 0 bridgehead atoms. The van der Waals surface area contributed by atoms with Crippen LogP contribution in [0.1, 0.15) is 6.92 Å². The molecule has 2 amide bonds. The molecule has 3 N–H and O–H groups in total. The van der Waals surface area contributed by atoms with Crippen molar-refractivity contribution in [2.24, 2.45) is 17.6 Å². The first-order valence-corrected chi connectivity index (χ1v) is 8.00. The van der Waals surface area contributed by atoms with Gasteiger partial charge in [-0.25, -0.2) is 0 Å². The number of primary amides is 1. The number of nitrogens with two attached hydrogens (primary N) is 1. The Labute approximate surface area is 140 Å². The lowest BCUT2D eigenvalue weighted by Crippen LogP contribution is -2.38. The van der Waals surface area contributed by atoms with Gasteiger partial charge < -0.3 is 15.8 Å². The number of hydrogen-bond acceptors (Lipinski definition) is 4. The lowest BCUT2D eigenvalue weighted by molar-refractivity contribution is -0.124. The van der Waals surface area contributed by atoms with E-state index < -0.39 is 0 Å². The number of halogens is 1. The molecule has 7 heteroatoms. The zero-order valence-corrected chi connectivity index (χ0v) is 13.9.